The number of nitrogens with zero attached hydrogens (tertiary/aromatic N) is 3. The molecular weight excluding hydrogens is 1010 g/mol. The van der Waals surface area contributed by atoms with Gasteiger partial charge in [0.2, 0.25) is 0 Å². The molecule has 1 aliphatic heterocycles. The Morgan fingerprint density at radius 1 is 0.398 bits per heavy atom. The minimum atomic E-state index is -0.474. The molecule has 9 aromatic carbocycles. The zero-order valence-corrected chi connectivity index (χ0v) is 51.0. The number of para-hydroxylation sites is 3. The molecule has 4 heteroatoms. The van der Waals surface area contributed by atoms with Gasteiger partial charge in [0.25, 0.3) is 0 Å². The first-order valence-electron chi connectivity index (χ1n) is 31.4. The third kappa shape index (κ3) is 8.83. The first-order chi connectivity index (χ1) is 40.4. The predicted molar refractivity (Wildman–Crippen MR) is 353 cm³/mol. The van der Waals surface area contributed by atoms with E-state index in [1.165, 1.54) is 79.9 Å². The van der Waals surface area contributed by atoms with Gasteiger partial charge in [0.15, 0.2) is 11.5 Å². The molecule has 12 rings (SSSR count). The Kier molecular flexibility index (Phi) is 14.8. The Morgan fingerprint density at radius 3 is 1.40 bits per heavy atom. The quantitative estimate of drug-likeness (QED) is 0.0757. The zero-order valence-electron chi connectivity index (χ0n) is 51.0. The van der Waals surface area contributed by atoms with Crippen LogP contribution in [0, 0.1) is 0 Å². The van der Waals surface area contributed by atoms with Gasteiger partial charge in [-0.3, -0.25) is 0 Å². The fourth-order valence-corrected chi connectivity index (χ4v) is 15.7. The van der Waals surface area contributed by atoms with Gasteiger partial charge in [-0.15, -0.1) is 0 Å². The summed E-state index contributed by atoms with van der Waals surface area (Å²) >= 11 is 0. The number of hydrogen-bond acceptors (Lipinski definition) is 4. The molecule has 83 heavy (non-hydrogen) atoms. The number of ether oxygens (including phenoxy) is 1. The molecule has 1 spiro atoms. The Morgan fingerprint density at radius 2 is 0.880 bits per heavy atom. The Labute approximate surface area is 496 Å². The van der Waals surface area contributed by atoms with Crippen molar-refractivity contribution >= 4 is 39.8 Å². The number of hydrogen-bond donors (Lipinski definition) is 0. The average Bonchev–Trinajstić information content (AvgIpc) is 1.78. The van der Waals surface area contributed by atoms with Crippen molar-refractivity contribution in [3.63, 3.8) is 0 Å². The van der Waals surface area contributed by atoms with Crippen LogP contribution in [0.1, 0.15) is 167 Å². The molecule has 0 saturated carbocycles. The Hall–Kier alpha value is -7.82. The number of anilines is 7. The van der Waals surface area contributed by atoms with Gasteiger partial charge in [0.05, 0.1) is 22.3 Å². The summed E-state index contributed by atoms with van der Waals surface area (Å²) in [6.45, 7) is 24.1. The van der Waals surface area contributed by atoms with E-state index in [4.69, 9.17) is 4.74 Å². The number of fused-ring (bicyclic) bond motifs is 12. The first-order valence-corrected chi connectivity index (χ1v) is 31.4. The molecule has 0 saturated heterocycles. The topological polar surface area (TPSA) is 19.0 Å². The van der Waals surface area contributed by atoms with E-state index in [1.54, 1.807) is 0 Å². The molecule has 3 atom stereocenters. The van der Waals surface area contributed by atoms with Crippen LogP contribution in [-0.4, -0.2) is 11.1 Å². The van der Waals surface area contributed by atoms with Crippen molar-refractivity contribution in [1.82, 2.24) is 0 Å². The molecule has 0 N–H and O–H groups in total. The standard InChI is InChI=1S/C79H85N3O/c1-11-17-51-75(7,8)56-41-45-65-66-46-42-57(53-70(66)79(69(65)52-56)67-39-29-27-37-63(67)64-38-28-30-40-68(64)79)77(10,15-5)78(16-6,50-13-3)82(60-35-25-20-26-36-60)62-44-48-72-74(55-62)83-73-54-61(43-47-71(73)80(72)58-31-21-18-22-32-58)81(59-33-23-19-24-34-59)76(9,14-4)49-12-2/h18-48,52-55H,11-17,49-51H2,1-10H3. The van der Waals surface area contributed by atoms with Crippen LogP contribution in [0.5, 0.6) is 11.5 Å². The van der Waals surface area contributed by atoms with E-state index in [0.717, 1.165) is 91.3 Å². The third-order valence-electron chi connectivity index (χ3n) is 20.3. The van der Waals surface area contributed by atoms with Gasteiger partial charge in [-0.25, -0.2) is 0 Å². The van der Waals surface area contributed by atoms with E-state index in [-0.39, 0.29) is 16.4 Å². The van der Waals surface area contributed by atoms with Gasteiger partial charge in [0, 0.05) is 51.5 Å². The third-order valence-corrected chi connectivity index (χ3v) is 20.3. The molecule has 0 radical (unpaired) electrons. The number of unbranched alkanes of at least 4 members (excludes halogenated alkanes) is 1. The van der Waals surface area contributed by atoms with Crippen molar-refractivity contribution in [3.8, 4) is 33.8 Å². The zero-order chi connectivity index (χ0) is 57.7. The lowest BCUT2D eigenvalue weighted by atomic mass is 9.59. The normalized spacial score (nSPS) is 15.6. The summed E-state index contributed by atoms with van der Waals surface area (Å²) in [4.78, 5) is 7.69. The summed E-state index contributed by atoms with van der Waals surface area (Å²) in [5, 5.41) is 0. The molecule has 2 aliphatic carbocycles. The summed E-state index contributed by atoms with van der Waals surface area (Å²) in [6, 6.07) is 80.8. The summed E-state index contributed by atoms with van der Waals surface area (Å²) < 4.78 is 7.44. The van der Waals surface area contributed by atoms with Crippen LogP contribution in [0.3, 0.4) is 0 Å². The van der Waals surface area contributed by atoms with E-state index in [0.29, 0.717) is 0 Å². The van der Waals surface area contributed by atoms with Crippen LogP contribution in [0.15, 0.2) is 212 Å². The van der Waals surface area contributed by atoms with Crippen LogP contribution < -0.4 is 19.4 Å². The fourth-order valence-electron chi connectivity index (χ4n) is 15.7. The van der Waals surface area contributed by atoms with Crippen molar-refractivity contribution in [2.75, 3.05) is 14.7 Å². The second-order valence-corrected chi connectivity index (χ2v) is 25.2. The summed E-state index contributed by atoms with van der Waals surface area (Å²) in [5.74, 6) is 1.68. The molecule has 0 fully saturated rings. The van der Waals surface area contributed by atoms with Gasteiger partial charge in [0.1, 0.15) is 0 Å². The molecule has 3 unspecified atom stereocenters. The van der Waals surface area contributed by atoms with Gasteiger partial charge >= 0.3 is 0 Å². The maximum absolute atomic E-state index is 7.44. The Bertz CT molecular complexity index is 3740. The highest BCUT2D eigenvalue weighted by atomic mass is 16.5. The van der Waals surface area contributed by atoms with E-state index in [1.807, 2.05) is 0 Å². The average molecular weight is 1090 g/mol. The van der Waals surface area contributed by atoms with Crippen LogP contribution in [0.25, 0.3) is 22.3 Å². The van der Waals surface area contributed by atoms with Gasteiger partial charge in [-0.1, -0.05) is 228 Å². The molecule has 9 aromatic rings. The highest BCUT2D eigenvalue weighted by Gasteiger charge is 2.55. The van der Waals surface area contributed by atoms with E-state index in [2.05, 4.69) is 296 Å². The second-order valence-electron chi connectivity index (χ2n) is 25.2. The van der Waals surface area contributed by atoms with Gasteiger partial charge in [-0.2, -0.15) is 0 Å². The maximum Gasteiger partial charge on any atom is 0.153 e. The van der Waals surface area contributed by atoms with Crippen LogP contribution in [0.2, 0.25) is 0 Å². The van der Waals surface area contributed by atoms with E-state index >= 15 is 0 Å². The largest absolute Gasteiger partial charge is 0.453 e. The van der Waals surface area contributed by atoms with Gasteiger partial charge < -0.3 is 19.4 Å². The smallest absolute Gasteiger partial charge is 0.153 e. The molecule has 422 valence electrons. The second kappa shape index (κ2) is 22.1. The first kappa shape index (κ1) is 55.7. The van der Waals surface area contributed by atoms with Crippen LogP contribution >= 0.6 is 0 Å². The fraction of sp³-hybridized carbons (Fsp3) is 0.316. The molecule has 0 amide bonds. The van der Waals surface area contributed by atoms with Crippen LogP contribution in [-0.2, 0) is 16.2 Å². The van der Waals surface area contributed by atoms with Crippen molar-refractivity contribution in [1.29, 1.82) is 0 Å². The van der Waals surface area contributed by atoms with Crippen molar-refractivity contribution in [3.05, 3.63) is 246 Å². The highest BCUT2D eigenvalue weighted by Crippen LogP contribution is 2.65. The van der Waals surface area contributed by atoms with Crippen LogP contribution in [0.4, 0.5) is 39.8 Å². The summed E-state index contributed by atoms with van der Waals surface area (Å²) in [7, 11) is 0. The highest BCUT2D eigenvalue weighted by molar-refractivity contribution is 5.96. The summed E-state index contributed by atoms with van der Waals surface area (Å²) in [6.07, 6.45) is 10.5. The monoisotopic (exact) mass is 1090 g/mol. The molecule has 0 aromatic heterocycles. The van der Waals surface area contributed by atoms with E-state index < -0.39 is 11.0 Å². The van der Waals surface area contributed by atoms with Crippen molar-refractivity contribution in [2.24, 2.45) is 0 Å². The Balaban J connectivity index is 1.04. The lowest BCUT2D eigenvalue weighted by Crippen LogP contribution is -2.59. The van der Waals surface area contributed by atoms with Crippen molar-refractivity contribution in [2.45, 2.75) is 161 Å². The lowest BCUT2D eigenvalue weighted by Gasteiger charge is -2.56. The van der Waals surface area contributed by atoms with Gasteiger partial charge in [-0.05, 0) is 167 Å². The molecule has 4 nitrogen and oxygen atoms in total. The SMILES string of the molecule is CCCCC(C)(C)c1ccc2c(c1)C1(c3ccccc3-c3ccccc31)c1cc(C(C)(CC)C(CC)(CCC)N(c3ccccc3)c3ccc4c(c3)Oc3cc(N(c5ccccc5)C(C)(CC)CCC)ccc3N4c3ccccc3)ccc1-2. The molecule has 0 bridgehead atoms. The maximum atomic E-state index is 7.44. The lowest BCUT2D eigenvalue weighted by molar-refractivity contribution is 0.199. The number of rotatable bonds is 20. The summed E-state index contributed by atoms with van der Waals surface area (Å²) in [5.41, 5.74) is 20.2. The molecular formula is C79H85N3O. The molecule has 1 heterocycles. The van der Waals surface area contributed by atoms with E-state index in [9.17, 15) is 0 Å². The minimum absolute atomic E-state index is 0.0366. The predicted octanol–water partition coefficient (Wildman–Crippen LogP) is 22.6. The molecule has 3 aliphatic rings. The minimum Gasteiger partial charge on any atom is -0.453 e. The van der Waals surface area contributed by atoms with Crippen molar-refractivity contribution < 1.29 is 4.74 Å². The number of benzene rings is 9.